The molecule has 1 amide bonds. The van der Waals surface area contributed by atoms with Crippen LogP contribution in [0, 0.1) is 11.8 Å². The fourth-order valence-corrected chi connectivity index (χ4v) is 4.68. The molecule has 0 radical (unpaired) electrons. The second kappa shape index (κ2) is 6.85. The number of halogens is 1. The zero-order valence-electron chi connectivity index (χ0n) is 14.8. The van der Waals surface area contributed by atoms with E-state index in [0.717, 1.165) is 30.4 Å². The molecule has 2 aliphatic rings. The van der Waals surface area contributed by atoms with Crippen molar-refractivity contribution in [2.45, 2.75) is 25.2 Å². The summed E-state index contributed by atoms with van der Waals surface area (Å²) in [7, 11) is 1.28. The fraction of sp³-hybridized carbons (Fsp3) is 0.350. The summed E-state index contributed by atoms with van der Waals surface area (Å²) < 4.78 is 4.72. The number of carbonyl (C=O) groups is 2. The van der Waals surface area contributed by atoms with Crippen molar-refractivity contribution in [1.29, 1.82) is 0 Å². The lowest BCUT2D eigenvalue weighted by Crippen LogP contribution is -2.34. The van der Waals surface area contributed by atoms with Gasteiger partial charge in [0.2, 0.25) is 11.5 Å². The molecule has 140 valence electrons. The van der Waals surface area contributed by atoms with Crippen molar-refractivity contribution in [3.8, 4) is 0 Å². The number of esters is 1. The number of ether oxygens (including phenoxy) is 1. The highest BCUT2D eigenvalue weighted by Gasteiger charge is 2.45. The van der Waals surface area contributed by atoms with Gasteiger partial charge in [-0.2, -0.15) is 0 Å². The maximum absolute atomic E-state index is 13.0. The first-order valence-electron chi connectivity index (χ1n) is 8.88. The molecule has 7 heteroatoms. The maximum atomic E-state index is 13.0. The summed E-state index contributed by atoms with van der Waals surface area (Å²) in [6.07, 6.45) is 4.37. The number of pyridine rings is 1. The van der Waals surface area contributed by atoms with E-state index in [1.807, 2.05) is 0 Å². The van der Waals surface area contributed by atoms with Crippen LogP contribution in [0.5, 0.6) is 0 Å². The first-order valence-corrected chi connectivity index (χ1v) is 9.26. The molecule has 2 aromatic rings. The fourth-order valence-electron chi connectivity index (χ4n) is 4.48. The number of anilines is 1. The Kier molecular flexibility index (Phi) is 4.52. The van der Waals surface area contributed by atoms with Crippen molar-refractivity contribution in [2.75, 3.05) is 12.4 Å². The first kappa shape index (κ1) is 17.8. The van der Waals surface area contributed by atoms with Crippen LogP contribution in [0.4, 0.5) is 5.69 Å². The van der Waals surface area contributed by atoms with Gasteiger partial charge in [0.1, 0.15) is 0 Å². The number of hydrogen-bond donors (Lipinski definition) is 2. The van der Waals surface area contributed by atoms with Crippen molar-refractivity contribution in [1.82, 2.24) is 4.98 Å². The van der Waals surface area contributed by atoms with Crippen molar-refractivity contribution < 1.29 is 14.3 Å². The molecule has 1 aromatic carbocycles. The number of rotatable bonds is 3. The highest BCUT2D eigenvalue weighted by atomic mass is 35.5. The van der Waals surface area contributed by atoms with E-state index in [4.69, 9.17) is 16.3 Å². The van der Waals surface area contributed by atoms with Crippen LogP contribution in [-0.2, 0) is 16.0 Å². The molecule has 4 rings (SSSR count). The third kappa shape index (κ3) is 3.14. The normalized spacial score (nSPS) is 22.8. The lowest BCUT2D eigenvalue weighted by atomic mass is 9.75. The zero-order chi connectivity index (χ0) is 19.1. The Labute approximate surface area is 160 Å². The minimum Gasteiger partial charge on any atom is -0.465 e. The summed E-state index contributed by atoms with van der Waals surface area (Å²) in [4.78, 5) is 39.1. The highest BCUT2D eigenvalue weighted by molar-refractivity contribution is 6.33. The van der Waals surface area contributed by atoms with Gasteiger partial charge in [-0.05, 0) is 60.4 Å². The lowest BCUT2D eigenvalue weighted by Gasteiger charge is -2.31. The number of methoxy groups -OCH3 is 1. The summed E-state index contributed by atoms with van der Waals surface area (Å²) in [5.74, 6) is -0.454. The lowest BCUT2D eigenvalue weighted by molar-refractivity contribution is -0.121. The predicted octanol–water partition coefficient (Wildman–Crippen LogP) is 3.12. The van der Waals surface area contributed by atoms with Crippen LogP contribution in [0.1, 0.15) is 40.2 Å². The number of benzene rings is 1. The number of amides is 1. The molecule has 3 unspecified atom stereocenters. The number of fused-ring (bicyclic) bond motifs is 4. The highest BCUT2D eigenvalue weighted by Crippen LogP contribution is 2.50. The minimum atomic E-state index is -0.549. The molecule has 27 heavy (non-hydrogen) atoms. The summed E-state index contributed by atoms with van der Waals surface area (Å²) in [6.45, 7) is 0. The SMILES string of the molecule is COC(=O)c1cc(NC(=O)C2C3CCC2c2c[nH]c(=O)cc2C3)ccc1Cl. The molecule has 1 heterocycles. The van der Waals surface area contributed by atoms with E-state index in [0.29, 0.717) is 5.69 Å². The molecule has 1 fully saturated rings. The summed E-state index contributed by atoms with van der Waals surface area (Å²) in [6, 6.07) is 6.42. The molecule has 0 spiro atoms. The molecule has 1 aromatic heterocycles. The third-order valence-electron chi connectivity index (χ3n) is 5.66. The standard InChI is InChI=1S/C20H19ClN2O4/c1-27-20(26)14-8-12(3-5-16(14)21)23-19(25)18-10-2-4-13(18)15-9-22-17(24)7-11(15)6-10/h3,5,7-10,13,18H,2,4,6H2,1H3,(H,22,24)(H,23,25). The average molecular weight is 387 g/mol. The van der Waals surface area contributed by atoms with E-state index in [-0.39, 0.29) is 39.8 Å². The second-order valence-corrected chi connectivity index (χ2v) is 7.53. The molecule has 3 atom stereocenters. The Bertz CT molecular complexity index is 984. The van der Waals surface area contributed by atoms with Crippen LogP contribution >= 0.6 is 11.6 Å². The van der Waals surface area contributed by atoms with Crippen molar-refractivity contribution in [3.05, 3.63) is 62.5 Å². The van der Waals surface area contributed by atoms with Crippen LogP contribution in [-0.4, -0.2) is 24.0 Å². The van der Waals surface area contributed by atoms with Crippen molar-refractivity contribution >= 4 is 29.2 Å². The van der Waals surface area contributed by atoms with Crippen LogP contribution < -0.4 is 10.9 Å². The van der Waals surface area contributed by atoms with Gasteiger partial charge in [0.05, 0.1) is 17.7 Å². The van der Waals surface area contributed by atoms with E-state index >= 15 is 0 Å². The Morgan fingerprint density at radius 3 is 2.85 bits per heavy atom. The number of aromatic nitrogens is 1. The molecular formula is C20H19ClN2O4. The maximum Gasteiger partial charge on any atom is 0.339 e. The quantitative estimate of drug-likeness (QED) is 0.793. The monoisotopic (exact) mass is 386 g/mol. The number of hydrogen-bond acceptors (Lipinski definition) is 4. The Morgan fingerprint density at radius 2 is 2.07 bits per heavy atom. The zero-order valence-corrected chi connectivity index (χ0v) is 15.5. The van der Waals surface area contributed by atoms with Gasteiger partial charge in [-0.15, -0.1) is 0 Å². The second-order valence-electron chi connectivity index (χ2n) is 7.13. The number of carbonyl (C=O) groups excluding carboxylic acids is 2. The van der Waals surface area contributed by atoms with Gasteiger partial charge < -0.3 is 15.0 Å². The molecule has 0 saturated heterocycles. The van der Waals surface area contributed by atoms with Gasteiger partial charge in [-0.3, -0.25) is 9.59 Å². The number of H-pyrrole nitrogens is 1. The molecule has 0 aliphatic heterocycles. The summed E-state index contributed by atoms with van der Waals surface area (Å²) in [5.41, 5.74) is 2.74. The van der Waals surface area contributed by atoms with E-state index in [1.165, 1.54) is 13.2 Å². The van der Waals surface area contributed by atoms with Crippen LogP contribution in [0.25, 0.3) is 0 Å². The summed E-state index contributed by atoms with van der Waals surface area (Å²) in [5, 5.41) is 3.20. The van der Waals surface area contributed by atoms with Crippen molar-refractivity contribution in [2.24, 2.45) is 11.8 Å². The molecule has 1 saturated carbocycles. The Balaban J connectivity index is 1.59. The molecule has 2 N–H and O–H groups in total. The third-order valence-corrected chi connectivity index (χ3v) is 5.99. The number of nitrogens with one attached hydrogen (secondary N) is 2. The van der Waals surface area contributed by atoms with Gasteiger partial charge in [-0.1, -0.05) is 11.6 Å². The Hall–Kier alpha value is -2.60. The van der Waals surface area contributed by atoms with Crippen LogP contribution in [0.3, 0.4) is 0 Å². The number of aromatic amines is 1. The van der Waals surface area contributed by atoms with Gasteiger partial charge >= 0.3 is 5.97 Å². The minimum absolute atomic E-state index is 0.0718. The van der Waals surface area contributed by atoms with Gasteiger partial charge in [0.25, 0.3) is 0 Å². The average Bonchev–Trinajstić information content (AvgIpc) is 2.97. The van der Waals surface area contributed by atoms with Crippen molar-refractivity contribution in [3.63, 3.8) is 0 Å². The van der Waals surface area contributed by atoms with E-state index in [2.05, 4.69) is 10.3 Å². The van der Waals surface area contributed by atoms with E-state index < -0.39 is 5.97 Å². The first-order chi connectivity index (χ1) is 13.0. The smallest absolute Gasteiger partial charge is 0.339 e. The molecular weight excluding hydrogens is 368 g/mol. The van der Waals surface area contributed by atoms with E-state index in [1.54, 1.807) is 24.4 Å². The molecule has 2 bridgehead atoms. The van der Waals surface area contributed by atoms with Gasteiger partial charge in [-0.25, -0.2) is 4.79 Å². The van der Waals surface area contributed by atoms with Crippen LogP contribution in [0.2, 0.25) is 5.02 Å². The predicted molar refractivity (Wildman–Crippen MR) is 101 cm³/mol. The molecule has 6 nitrogen and oxygen atoms in total. The summed E-state index contributed by atoms with van der Waals surface area (Å²) >= 11 is 6.04. The topological polar surface area (TPSA) is 88.3 Å². The Morgan fingerprint density at radius 1 is 1.26 bits per heavy atom. The van der Waals surface area contributed by atoms with Gasteiger partial charge in [0.15, 0.2) is 0 Å². The molecule has 2 aliphatic carbocycles. The van der Waals surface area contributed by atoms with Crippen LogP contribution in [0.15, 0.2) is 35.3 Å². The van der Waals surface area contributed by atoms with Gasteiger partial charge in [0, 0.05) is 23.9 Å². The van der Waals surface area contributed by atoms with E-state index in [9.17, 15) is 14.4 Å². The largest absolute Gasteiger partial charge is 0.465 e.